The number of benzene rings is 1. The highest BCUT2D eigenvalue weighted by atomic mass is 16.2. The van der Waals surface area contributed by atoms with Gasteiger partial charge in [0, 0.05) is 36.7 Å². The first-order valence-corrected chi connectivity index (χ1v) is 7.63. The summed E-state index contributed by atoms with van der Waals surface area (Å²) in [6.45, 7) is 2.44. The van der Waals surface area contributed by atoms with E-state index in [-0.39, 0.29) is 23.8 Å². The van der Waals surface area contributed by atoms with Crippen molar-refractivity contribution in [2.24, 2.45) is 18.7 Å². The number of amides is 2. The van der Waals surface area contributed by atoms with Gasteiger partial charge in [-0.15, -0.1) is 0 Å². The number of nitrogens with two attached hydrogens (primary N) is 1. The van der Waals surface area contributed by atoms with Gasteiger partial charge in [0.15, 0.2) is 0 Å². The van der Waals surface area contributed by atoms with Gasteiger partial charge in [0.1, 0.15) is 0 Å². The van der Waals surface area contributed by atoms with E-state index in [2.05, 4.69) is 0 Å². The van der Waals surface area contributed by atoms with Crippen LogP contribution < -0.4 is 5.73 Å². The lowest BCUT2D eigenvalue weighted by molar-refractivity contribution is -0.123. The van der Waals surface area contributed by atoms with Crippen LogP contribution in [0.15, 0.2) is 30.5 Å². The van der Waals surface area contributed by atoms with Crippen LogP contribution in [0.1, 0.15) is 30.1 Å². The molecule has 5 heteroatoms. The zero-order chi connectivity index (χ0) is 15.9. The molecule has 1 saturated heterocycles. The summed E-state index contributed by atoms with van der Waals surface area (Å²) in [5.41, 5.74) is 7.15. The highest BCUT2D eigenvalue weighted by Crippen LogP contribution is 2.27. The largest absolute Gasteiger partial charge is 0.369 e. The van der Waals surface area contributed by atoms with Crippen molar-refractivity contribution in [2.75, 3.05) is 6.54 Å². The van der Waals surface area contributed by atoms with Crippen molar-refractivity contribution in [1.29, 1.82) is 0 Å². The molecule has 1 aromatic carbocycles. The number of nitrogens with zero attached hydrogens (tertiary/aromatic N) is 2. The minimum absolute atomic E-state index is 0.0183. The third-order valence-corrected chi connectivity index (χ3v) is 4.67. The van der Waals surface area contributed by atoms with E-state index >= 15 is 0 Å². The third kappa shape index (κ3) is 2.36. The van der Waals surface area contributed by atoms with E-state index < -0.39 is 0 Å². The SMILES string of the molecule is C[C@@H]1CC[C@@H](C(N)=O)CN1C(=O)c1cn(C)c2ccccc12. The predicted octanol–water partition coefficient (Wildman–Crippen LogP) is 1.90. The fraction of sp³-hybridized carbons (Fsp3) is 0.412. The molecule has 0 aliphatic carbocycles. The van der Waals surface area contributed by atoms with Crippen molar-refractivity contribution in [2.45, 2.75) is 25.8 Å². The number of fused-ring (bicyclic) bond motifs is 1. The Morgan fingerprint density at radius 3 is 2.68 bits per heavy atom. The number of carbonyl (C=O) groups excluding carboxylic acids is 2. The van der Waals surface area contributed by atoms with Crippen LogP contribution in [0.2, 0.25) is 0 Å². The van der Waals surface area contributed by atoms with E-state index in [0.717, 1.165) is 23.7 Å². The number of aryl methyl sites for hydroxylation is 1. The van der Waals surface area contributed by atoms with Gasteiger partial charge in [-0.3, -0.25) is 9.59 Å². The first-order valence-electron chi connectivity index (χ1n) is 7.63. The Balaban J connectivity index is 1.96. The van der Waals surface area contributed by atoms with Crippen molar-refractivity contribution in [3.63, 3.8) is 0 Å². The number of hydrogen-bond donors (Lipinski definition) is 1. The van der Waals surface area contributed by atoms with Crippen molar-refractivity contribution in [3.05, 3.63) is 36.0 Å². The second-order valence-corrected chi connectivity index (χ2v) is 6.15. The van der Waals surface area contributed by atoms with Crippen LogP contribution in [-0.4, -0.2) is 33.9 Å². The highest BCUT2D eigenvalue weighted by molar-refractivity contribution is 6.07. The molecule has 0 radical (unpaired) electrons. The standard InChI is InChI=1S/C17H21N3O2/c1-11-7-8-12(16(18)21)9-20(11)17(22)14-10-19(2)15-6-4-3-5-13(14)15/h3-6,10-12H,7-9H2,1-2H3,(H2,18,21)/t11-,12-/m1/s1. The molecule has 1 aliphatic rings. The molecule has 2 amide bonds. The fourth-order valence-electron chi connectivity index (χ4n) is 3.29. The van der Waals surface area contributed by atoms with Crippen LogP contribution in [0.25, 0.3) is 10.9 Å². The molecule has 0 spiro atoms. The third-order valence-electron chi connectivity index (χ3n) is 4.67. The van der Waals surface area contributed by atoms with Gasteiger partial charge in [0.05, 0.1) is 11.5 Å². The molecular formula is C17H21N3O2. The van der Waals surface area contributed by atoms with E-state index in [1.807, 2.05) is 49.0 Å². The maximum absolute atomic E-state index is 13.0. The Morgan fingerprint density at radius 2 is 1.95 bits per heavy atom. The van der Waals surface area contributed by atoms with Crippen LogP contribution in [0.5, 0.6) is 0 Å². The van der Waals surface area contributed by atoms with Crippen LogP contribution in [-0.2, 0) is 11.8 Å². The number of piperidine rings is 1. The summed E-state index contributed by atoms with van der Waals surface area (Å²) >= 11 is 0. The molecular weight excluding hydrogens is 278 g/mol. The molecule has 22 heavy (non-hydrogen) atoms. The first-order chi connectivity index (χ1) is 10.5. The van der Waals surface area contributed by atoms with E-state index in [4.69, 9.17) is 5.73 Å². The van der Waals surface area contributed by atoms with E-state index in [1.54, 1.807) is 4.90 Å². The number of primary amides is 1. The second-order valence-electron chi connectivity index (χ2n) is 6.15. The lowest BCUT2D eigenvalue weighted by Crippen LogP contribution is -2.48. The molecule has 116 valence electrons. The topological polar surface area (TPSA) is 68.3 Å². The van der Waals surface area contributed by atoms with Crippen molar-refractivity contribution in [3.8, 4) is 0 Å². The predicted molar refractivity (Wildman–Crippen MR) is 85.3 cm³/mol. The number of hydrogen-bond acceptors (Lipinski definition) is 2. The summed E-state index contributed by atoms with van der Waals surface area (Å²) in [5.74, 6) is -0.576. The lowest BCUT2D eigenvalue weighted by atomic mass is 9.92. The van der Waals surface area contributed by atoms with Gasteiger partial charge in [-0.2, -0.15) is 0 Å². The number of carbonyl (C=O) groups is 2. The fourth-order valence-corrected chi connectivity index (χ4v) is 3.29. The first kappa shape index (κ1) is 14.6. The molecule has 2 heterocycles. The van der Waals surface area contributed by atoms with Gasteiger partial charge in [-0.05, 0) is 25.8 Å². The molecule has 2 atom stereocenters. The average molecular weight is 299 g/mol. The van der Waals surface area contributed by atoms with Crippen LogP contribution >= 0.6 is 0 Å². The maximum atomic E-state index is 13.0. The van der Waals surface area contributed by atoms with Crippen LogP contribution in [0, 0.1) is 5.92 Å². The molecule has 2 aromatic rings. The Kier molecular flexibility index (Phi) is 3.64. The number of likely N-dealkylation sites (tertiary alicyclic amines) is 1. The zero-order valence-electron chi connectivity index (χ0n) is 13.0. The smallest absolute Gasteiger partial charge is 0.256 e. The molecule has 0 bridgehead atoms. The summed E-state index contributed by atoms with van der Waals surface area (Å²) in [7, 11) is 1.94. The van der Waals surface area contributed by atoms with Crippen molar-refractivity contribution < 1.29 is 9.59 Å². The molecule has 3 rings (SSSR count). The Bertz CT molecular complexity index is 735. The molecule has 5 nitrogen and oxygen atoms in total. The minimum Gasteiger partial charge on any atom is -0.369 e. The second kappa shape index (κ2) is 5.48. The number of aromatic nitrogens is 1. The van der Waals surface area contributed by atoms with Gasteiger partial charge in [0.25, 0.3) is 5.91 Å². The highest BCUT2D eigenvalue weighted by Gasteiger charge is 2.33. The summed E-state index contributed by atoms with van der Waals surface area (Å²) in [4.78, 5) is 26.2. The lowest BCUT2D eigenvalue weighted by Gasteiger charge is -2.36. The summed E-state index contributed by atoms with van der Waals surface area (Å²) < 4.78 is 1.96. The average Bonchev–Trinajstić information content (AvgIpc) is 2.84. The normalized spacial score (nSPS) is 22.0. The van der Waals surface area contributed by atoms with Crippen molar-refractivity contribution in [1.82, 2.24) is 9.47 Å². The molecule has 1 aliphatic heterocycles. The molecule has 0 unspecified atom stereocenters. The van der Waals surface area contributed by atoms with Gasteiger partial charge < -0.3 is 15.2 Å². The number of para-hydroxylation sites is 1. The Hall–Kier alpha value is -2.30. The molecule has 0 saturated carbocycles. The van der Waals surface area contributed by atoms with Crippen molar-refractivity contribution >= 4 is 22.7 Å². The summed E-state index contributed by atoms with van der Waals surface area (Å²) in [6.07, 6.45) is 3.44. The van der Waals surface area contributed by atoms with Gasteiger partial charge >= 0.3 is 0 Å². The number of rotatable bonds is 2. The summed E-state index contributed by atoms with van der Waals surface area (Å²) in [6, 6.07) is 7.98. The quantitative estimate of drug-likeness (QED) is 0.920. The van der Waals surface area contributed by atoms with Gasteiger partial charge in [-0.1, -0.05) is 18.2 Å². The summed E-state index contributed by atoms with van der Waals surface area (Å²) in [5, 5.41) is 0.948. The van der Waals surface area contributed by atoms with Gasteiger partial charge in [0.2, 0.25) is 5.91 Å². The molecule has 1 aromatic heterocycles. The molecule has 2 N–H and O–H groups in total. The van der Waals surface area contributed by atoms with Crippen LogP contribution in [0.3, 0.4) is 0 Å². The molecule has 1 fully saturated rings. The van der Waals surface area contributed by atoms with E-state index in [0.29, 0.717) is 12.1 Å². The maximum Gasteiger partial charge on any atom is 0.256 e. The van der Waals surface area contributed by atoms with Gasteiger partial charge in [-0.25, -0.2) is 0 Å². The minimum atomic E-state index is -0.317. The Morgan fingerprint density at radius 1 is 1.23 bits per heavy atom. The van der Waals surface area contributed by atoms with E-state index in [9.17, 15) is 9.59 Å². The zero-order valence-corrected chi connectivity index (χ0v) is 13.0. The monoisotopic (exact) mass is 299 g/mol. The van der Waals surface area contributed by atoms with Crippen LogP contribution in [0.4, 0.5) is 0 Å². The van der Waals surface area contributed by atoms with E-state index in [1.165, 1.54) is 0 Å². The Labute approximate surface area is 129 Å².